The van der Waals surface area contributed by atoms with Crippen molar-refractivity contribution in [2.75, 3.05) is 22.1 Å². The van der Waals surface area contributed by atoms with E-state index in [0.717, 1.165) is 17.0 Å². The minimum absolute atomic E-state index is 0.0610. The molecule has 33 heavy (non-hydrogen) atoms. The third-order valence-corrected chi connectivity index (χ3v) is 7.40. The van der Waals surface area contributed by atoms with Gasteiger partial charge in [-0.1, -0.05) is 18.2 Å². The number of amides is 2. The largest absolute Gasteiger partial charge is 0.459 e. The lowest BCUT2D eigenvalue weighted by molar-refractivity contribution is -0.153. The predicted octanol–water partition coefficient (Wildman–Crippen LogP) is 2.27. The van der Waals surface area contributed by atoms with Crippen LogP contribution in [0.5, 0.6) is 0 Å². The molecule has 8 nitrogen and oxygen atoms in total. The maximum absolute atomic E-state index is 14.0. The molecule has 4 rings (SSSR count). The molecule has 2 aromatic rings. The van der Waals surface area contributed by atoms with Crippen LogP contribution in [0.15, 0.2) is 42.5 Å². The Balaban J connectivity index is 1.91. The topological polar surface area (TPSA) is 101 Å². The average Bonchev–Trinajstić information content (AvgIpc) is 3.06. The predicted molar refractivity (Wildman–Crippen MR) is 114 cm³/mol. The van der Waals surface area contributed by atoms with Gasteiger partial charge in [-0.3, -0.25) is 24.2 Å². The molecule has 1 unspecified atom stereocenters. The van der Waals surface area contributed by atoms with E-state index in [1.165, 1.54) is 18.2 Å². The molecule has 0 aliphatic carbocycles. The monoisotopic (exact) mass is 478 g/mol. The van der Waals surface area contributed by atoms with E-state index in [4.69, 9.17) is 4.74 Å². The van der Waals surface area contributed by atoms with Crippen LogP contribution in [-0.4, -0.2) is 44.1 Å². The number of anilines is 2. The molecule has 174 valence electrons. The Labute approximate surface area is 188 Å². The number of fused-ring (bicyclic) bond motifs is 2. The second-order valence-corrected chi connectivity index (χ2v) is 10.8. The molecule has 1 fully saturated rings. The van der Waals surface area contributed by atoms with Crippen molar-refractivity contribution in [3.8, 4) is 0 Å². The summed E-state index contributed by atoms with van der Waals surface area (Å²) in [6.07, 6.45) is 0. The minimum atomic E-state index is -4.51. The van der Waals surface area contributed by atoms with E-state index in [-0.39, 0.29) is 16.9 Å². The lowest BCUT2D eigenvalue weighted by Gasteiger charge is -2.32. The van der Waals surface area contributed by atoms with Gasteiger partial charge in [-0.2, -0.15) is 0 Å². The number of hydrogen-bond donors (Lipinski definition) is 0. The molecular weight excluding hydrogens is 458 g/mol. The number of nitrogens with zero attached hydrogens (tertiary/aromatic N) is 2. The number of hydrogen-bond acceptors (Lipinski definition) is 6. The number of esters is 1. The highest BCUT2D eigenvalue weighted by Gasteiger charge is 2.69. The van der Waals surface area contributed by atoms with Crippen molar-refractivity contribution >= 4 is 39.0 Å². The molecular formula is C22H20F2N2O6S. The van der Waals surface area contributed by atoms with Crippen molar-refractivity contribution in [2.24, 2.45) is 0 Å². The van der Waals surface area contributed by atoms with E-state index in [2.05, 4.69) is 0 Å². The first kappa shape index (κ1) is 22.8. The molecule has 1 atom stereocenters. The van der Waals surface area contributed by atoms with Gasteiger partial charge in [-0.15, -0.1) is 0 Å². The molecule has 1 saturated heterocycles. The van der Waals surface area contributed by atoms with E-state index < -0.39 is 62.0 Å². The molecule has 2 aliphatic heterocycles. The summed E-state index contributed by atoms with van der Waals surface area (Å²) in [4.78, 5) is 38.2. The summed E-state index contributed by atoms with van der Waals surface area (Å²) in [5.41, 5.74) is -1.12. The highest BCUT2D eigenvalue weighted by molar-refractivity contribution is 7.94. The number of carbonyl (C=O) groups is 3. The first-order chi connectivity index (χ1) is 15.3. The summed E-state index contributed by atoms with van der Waals surface area (Å²) >= 11 is 0. The van der Waals surface area contributed by atoms with E-state index in [1.807, 2.05) is 0 Å². The van der Waals surface area contributed by atoms with Gasteiger partial charge in [0.05, 0.1) is 5.69 Å². The van der Waals surface area contributed by atoms with E-state index in [1.54, 1.807) is 26.8 Å². The van der Waals surface area contributed by atoms with Gasteiger partial charge in [-0.05, 0) is 39.0 Å². The third-order valence-electron chi connectivity index (χ3n) is 5.29. The third kappa shape index (κ3) is 3.38. The lowest BCUT2D eigenvalue weighted by Crippen LogP contribution is -2.55. The van der Waals surface area contributed by atoms with Crippen molar-refractivity contribution in [1.82, 2.24) is 0 Å². The molecule has 1 spiro atoms. The number of sulfone groups is 1. The first-order valence-corrected chi connectivity index (χ1v) is 11.6. The lowest BCUT2D eigenvalue weighted by atomic mass is 10.0. The fraction of sp³-hybridized carbons (Fsp3) is 0.318. The van der Waals surface area contributed by atoms with E-state index >= 15 is 0 Å². The number of rotatable bonds is 3. The molecule has 0 bridgehead atoms. The second-order valence-electron chi connectivity index (χ2n) is 8.73. The molecule has 2 aromatic carbocycles. The molecule has 2 amide bonds. The smallest absolute Gasteiger partial charge is 0.326 e. The van der Waals surface area contributed by atoms with Crippen LogP contribution in [0.4, 0.5) is 20.2 Å². The Hall–Kier alpha value is -3.34. The van der Waals surface area contributed by atoms with Gasteiger partial charge in [0, 0.05) is 17.3 Å². The number of ether oxygens (including phenoxy) is 1. The SMILES string of the molecule is CC(C)(C)OC(=O)CN1C(=O)C2(c3ccccc31)N(c1ccc(F)c(F)c1)C(=O)CS2(=O)=O. The van der Waals surface area contributed by atoms with Gasteiger partial charge < -0.3 is 4.74 Å². The second kappa shape index (κ2) is 7.34. The van der Waals surface area contributed by atoms with Crippen LogP contribution in [0.25, 0.3) is 0 Å². The van der Waals surface area contributed by atoms with E-state index in [0.29, 0.717) is 11.0 Å². The molecule has 0 radical (unpaired) electrons. The fourth-order valence-electron chi connectivity index (χ4n) is 4.18. The first-order valence-electron chi connectivity index (χ1n) is 9.93. The Morgan fingerprint density at radius 1 is 1.09 bits per heavy atom. The molecule has 2 heterocycles. The summed E-state index contributed by atoms with van der Waals surface area (Å²) in [6.45, 7) is 4.30. The maximum Gasteiger partial charge on any atom is 0.326 e. The van der Waals surface area contributed by atoms with Crippen LogP contribution in [0, 0.1) is 11.6 Å². The van der Waals surface area contributed by atoms with Crippen molar-refractivity contribution in [3.05, 3.63) is 59.7 Å². The Morgan fingerprint density at radius 2 is 1.76 bits per heavy atom. The summed E-state index contributed by atoms with van der Waals surface area (Å²) in [5, 5.41) is 0. The molecule has 2 aliphatic rings. The molecule has 0 N–H and O–H groups in total. The van der Waals surface area contributed by atoms with Gasteiger partial charge in [0.1, 0.15) is 17.9 Å². The Kier molecular flexibility index (Phi) is 5.08. The van der Waals surface area contributed by atoms with Crippen LogP contribution in [-0.2, 0) is 33.8 Å². The summed E-state index contributed by atoms with van der Waals surface area (Å²) in [7, 11) is -4.51. The van der Waals surface area contributed by atoms with Crippen molar-refractivity contribution in [3.63, 3.8) is 0 Å². The zero-order valence-electron chi connectivity index (χ0n) is 18.0. The Morgan fingerprint density at radius 3 is 2.39 bits per heavy atom. The number of carbonyl (C=O) groups excluding carboxylic acids is 3. The summed E-state index contributed by atoms with van der Waals surface area (Å²) < 4.78 is 59.6. The number of halogens is 2. The highest BCUT2D eigenvalue weighted by Crippen LogP contribution is 2.52. The van der Waals surface area contributed by atoms with Gasteiger partial charge in [0.2, 0.25) is 5.91 Å². The van der Waals surface area contributed by atoms with Crippen molar-refractivity contribution < 1.29 is 36.3 Å². The summed E-state index contributed by atoms with van der Waals surface area (Å²) in [6, 6.07) is 8.22. The van der Waals surface area contributed by atoms with Gasteiger partial charge in [-0.25, -0.2) is 17.2 Å². The number of para-hydroxylation sites is 1. The fourth-order valence-corrected chi connectivity index (χ4v) is 6.21. The van der Waals surface area contributed by atoms with Crippen LogP contribution in [0.2, 0.25) is 0 Å². The van der Waals surface area contributed by atoms with E-state index in [9.17, 15) is 31.6 Å². The van der Waals surface area contributed by atoms with Crippen LogP contribution in [0.3, 0.4) is 0 Å². The summed E-state index contributed by atoms with van der Waals surface area (Å²) in [5.74, 6) is -6.39. The van der Waals surface area contributed by atoms with Crippen molar-refractivity contribution in [1.29, 1.82) is 0 Å². The molecule has 0 aromatic heterocycles. The van der Waals surface area contributed by atoms with Crippen LogP contribution >= 0.6 is 0 Å². The Bertz CT molecular complexity index is 1300. The van der Waals surface area contributed by atoms with Crippen LogP contribution in [0.1, 0.15) is 26.3 Å². The van der Waals surface area contributed by atoms with Crippen LogP contribution < -0.4 is 9.80 Å². The van der Waals surface area contributed by atoms with Gasteiger partial charge in [0.25, 0.3) is 10.8 Å². The average molecular weight is 478 g/mol. The standard InChI is InChI=1S/C22H20F2N2O6S/c1-21(2,3)32-19(28)11-25-17-7-5-4-6-14(17)22(20(25)29)26(18(27)12-33(22,30)31)13-8-9-15(23)16(24)10-13/h4-10H,11-12H2,1-3H3. The molecule has 11 heteroatoms. The quantitative estimate of drug-likeness (QED) is 0.628. The highest BCUT2D eigenvalue weighted by atomic mass is 32.2. The maximum atomic E-state index is 14.0. The zero-order chi connectivity index (χ0) is 24.3. The van der Waals surface area contributed by atoms with Gasteiger partial charge >= 0.3 is 5.97 Å². The zero-order valence-corrected chi connectivity index (χ0v) is 18.8. The minimum Gasteiger partial charge on any atom is -0.459 e. The number of benzene rings is 2. The normalized spacial score (nSPS) is 21.6. The van der Waals surface area contributed by atoms with Gasteiger partial charge in [0.15, 0.2) is 21.5 Å². The van der Waals surface area contributed by atoms with Crippen molar-refractivity contribution in [2.45, 2.75) is 31.2 Å². The molecule has 0 saturated carbocycles.